The predicted octanol–water partition coefficient (Wildman–Crippen LogP) is 4.05. The van der Waals surface area contributed by atoms with Crippen molar-refractivity contribution in [3.8, 4) is 0 Å². The molecule has 0 aromatic heterocycles. The molecule has 0 spiro atoms. The minimum Gasteiger partial charge on any atom is -0.291 e. The van der Waals surface area contributed by atoms with Crippen LogP contribution in [0.3, 0.4) is 0 Å². The normalized spacial score (nSPS) is 10.7. The van der Waals surface area contributed by atoms with E-state index in [0.717, 1.165) is 15.6 Å². The summed E-state index contributed by atoms with van der Waals surface area (Å²) in [6.45, 7) is 3.72. The zero-order chi connectivity index (χ0) is 10.9. The van der Waals surface area contributed by atoms with Crippen LogP contribution in [0.4, 0.5) is 0 Å². The standard InChI is InChI=1S/C10H9BrCl2O/c1-5-3-7(11)4-6(2)8(5)9(14)10(12)13/h3-4,10H,1-2H3. The molecular weight excluding hydrogens is 287 g/mol. The van der Waals surface area contributed by atoms with Gasteiger partial charge in [-0.15, -0.1) is 0 Å². The minimum absolute atomic E-state index is 0.240. The number of alkyl halides is 2. The molecule has 0 unspecified atom stereocenters. The molecule has 0 aliphatic rings. The molecule has 0 fully saturated rings. The zero-order valence-electron chi connectivity index (χ0n) is 7.77. The molecule has 0 radical (unpaired) electrons. The molecule has 1 nitrogen and oxygen atoms in total. The van der Waals surface area contributed by atoms with Crippen molar-refractivity contribution in [3.63, 3.8) is 0 Å². The number of ketones is 1. The van der Waals surface area contributed by atoms with Gasteiger partial charge in [0.2, 0.25) is 0 Å². The molecule has 0 saturated carbocycles. The minimum atomic E-state index is -0.992. The highest BCUT2D eigenvalue weighted by atomic mass is 79.9. The lowest BCUT2D eigenvalue weighted by Crippen LogP contribution is -2.11. The summed E-state index contributed by atoms with van der Waals surface area (Å²) in [4.78, 5) is 10.6. The molecule has 0 heterocycles. The number of hydrogen-bond acceptors (Lipinski definition) is 1. The lowest BCUT2D eigenvalue weighted by Gasteiger charge is -2.09. The van der Waals surface area contributed by atoms with Gasteiger partial charge in [0.05, 0.1) is 0 Å². The zero-order valence-corrected chi connectivity index (χ0v) is 10.9. The maximum atomic E-state index is 11.6. The van der Waals surface area contributed by atoms with Gasteiger partial charge < -0.3 is 0 Å². The van der Waals surface area contributed by atoms with E-state index in [0.29, 0.717) is 5.56 Å². The van der Waals surface area contributed by atoms with Crippen LogP contribution in [-0.2, 0) is 0 Å². The van der Waals surface area contributed by atoms with Crippen molar-refractivity contribution in [1.82, 2.24) is 0 Å². The average Bonchev–Trinajstić information content (AvgIpc) is 2.01. The van der Waals surface area contributed by atoms with Crippen LogP contribution in [0.25, 0.3) is 0 Å². The number of rotatable bonds is 2. The van der Waals surface area contributed by atoms with Crippen molar-refractivity contribution >= 4 is 44.9 Å². The molecule has 0 amide bonds. The largest absolute Gasteiger partial charge is 0.291 e. The Kier molecular flexibility index (Phi) is 3.99. The van der Waals surface area contributed by atoms with E-state index in [4.69, 9.17) is 23.2 Å². The molecule has 0 saturated heterocycles. The average molecular weight is 296 g/mol. The Balaban J connectivity index is 3.28. The maximum Gasteiger partial charge on any atom is 0.196 e. The molecular formula is C10H9BrCl2O. The number of benzene rings is 1. The molecule has 76 valence electrons. The first-order valence-corrected chi connectivity index (χ1v) is 5.69. The van der Waals surface area contributed by atoms with Gasteiger partial charge in [-0.2, -0.15) is 0 Å². The first-order valence-electron chi connectivity index (χ1n) is 4.02. The van der Waals surface area contributed by atoms with E-state index in [9.17, 15) is 4.79 Å². The number of halogens is 3. The summed E-state index contributed by atoms with van der Waals surface area (Å²) in [7, 11) is 0. The fourth-order valence-corrected chi connectivity index (χ4v) is 2.31. The third-order valence-electron chi connectivity index (χ3n) is 1.94. The molecule has 0 aliphatic heterocycles. The Morgan fingerprint density at radius 3 is 2.07 bits per heavy atom. The number of aryl methyl sites for hydroxylation is 2. The van der Waals surface area contributed by atoms with E-state index in [2.05, 4.69) is 15.9 Å². The van der Waals surface area contributed by atoms with Gasteiger partial charge in [0, 0.05) is 10.0 Å². The lowest BCUT2D eigenvalue weighted by atomic mass is 10.00. The number of carbonyl (C=O) groups excluding carboxylic acids is 1. The van der Waals surface area contributed by atoms with E-state index in [1.807, 2.05) is 26.0 Å². The summed E-state index contributed by atoms with van der Waals surface area (Å²) in [5, 5.41) is 0. The Hall–Kier alpha value is -0.0500. The Bertz CT molecular complexity index is 351. The van der Waals surface area contributed by atoms with Crippen molar-refractivity contribution in [2.75, 3.05) is 0 Å². The van der Waals surface area contributed by atoms with Crippen molar-refractivity contribution in [2.45, 2.75) is 18.7 Å². The van der Waals surface area contributed by atoms with Gasteiger partial charge in [-0.1, -0.05) is 39.1 Å². The first-order chi connectivity index (χ1) is 6.43. The summed E-state index contributed by atoms with van der Waals surface area (Å²) in [6.07, 6.45) is 0. The molecule has 0 atom stereocenters. The van der Waals surface area contributed by atoms with E-state index in [1.54, 1.807) is 0 Å². The maximum absolute atomic E-state index is 11.6. The molecule has 0 aliphatic carbocycles. The summed E-state index contributed by atoms with van der Waals surface area (Å²) in [5.41, 5.74) is 2.38. The molecule has 0 N–H and O–H groups in total. The molecule has 0 bridgehead atoms. The Labute approximate surface area is 102 Å². The van der Waals surface area contributed by atoms with E-state index < -0.39 is 4.84 Å². The SMILES string of the molecule is Cc1cc(Br)cc(C)c1C(=O)C(Cl)Cl. The Morgan fingerprint density at radius 2 is 1.71 bits per heavy atom. The second-order valence-electron chi connectivity index (χ2n) is 3.08. The summed E-state index contributed by atoms with van der Waals surface area (Å²) in [5.74, 6) is -0.240. The molecule has 14 heavy (non-hydrogen) atoms. The number of hydrogen-bond donors (Lipinski definition) is 0. The summed E-state index contributed by atoms with van der Waals surface area (Å²) < 4.78 is 0.949. The third-order valence-corrected chi connectivity index (χ3v) is 2.80. The topological polar surface area (TPSA) is 17.1 Å². The van der Waals surface area contributed by atoms with Gasteiger partial charge in [0.15, 0.2) is 10.6 Å². The van der Waals surface area contributed by atoms with Crippen LogP contribution in [0.1, 0.15) is 21.5 Å². The monoisotopic (exact) mass is 294 g/mol. The smallest absolute Gasteiger partial charge is 0.196 e. The predicted molar refractivity (Wildman–Crippen MR) is 63.4 cm³/mol. The summed E-state index contributed by atoms with van der Waals surface area (Å²) >= 11 is 14.5. The molecule has 1 aromatic carbocycles. The molecule has 1 rings (SSSR count). The van der Waals surface area contributed by atoms with Crippen LogP contribution >= 0.6 is 39.1 Å². The van der Waals surface area contributed by atoms with Crippen LogP contribution < -0.4 is 0 Å². The van der Waals surface area contributed by atoms with E-state index in [1.165, 1.54) is 0 Å². The van der Waals surface area contributed by atoms with Crippen LogP contribution in [0.15, 0.2) is 16.6 Å². The van der Waals surface area contributed by atoms with Crippen LogP contribution in [0, 0.1) is 13.8 Å². The van der Waals surface area contributed by atoms with Crippen LogP contribution in [-0.4, -0.2) is 10.6 Å². The number of carbonyl (C=O) groups is 1. The Morgan fingerprint density at radius 1 is 1.29 bits per heavy atom. The van der Waals surface area contributed by atoms with Crippen LogP contribution in [0.5, 0.6) is 0 Å². The van der Waals surface area contributed by atoms with Gasteiger partial charge >= 0.3 is 0 Å². The highest BCUT2D eigenvalue weighted by Crippen LogP contribution is 2.23. The quantitative estimate of drug-likeness (QED) is 0.594. The van der Waals surface area contributed by atoms with E-state index >= 15 is 0 Å². The van der Waals surface area contributed by atoms with Gasteiger partial charge in [0.25, 0.3) is 0 Å². The molecule has 4 heteroatoms. The van der Waals surface area contributed by atoms with Gasteiger partial charge in [0.1, 0.15) is 0 Å². The lowest BCUT2D eigenvalue weighted by molar-refractivity contribution is 0.101. The highest BCUT2D eigenvalue weighted by Gasteiger charge is 2.18. The van der Waals surface area contributed by atoms with Gasteiger partial charge in [-0.25, -0.2) is 0 Å². The molecule has 1 aromatic rings. The third kappa shape index (κ3) is 2.50. The van der Waals surface area contributed by atoms with Gasteiger partial charge in [-0.05, 0) is 37.1 Å². The fourth-order valence-electron chi connectivity index (χ4n) is 1.41. The second-order valence-corrected chi connectivity index (χ2v) is 5.09. The van der Waals surface area contributed by atoms with Crippen molar-refractivity contribution in [3.05, 3.63) is 33.3 Å². The highest BCUT2D eigenvalue weighted by molar-refractivity contribution is 9.10. The summed E-state index contributed by atoms with van der Waals surface area (Å²) in [6, 6.07) is 3.74. The van der Waals surface area contributed by atoms with E-state index in [-0.39, 0.29) is 5.78 Å². The van der Waals surface area contributed by atoms with Crippen molar-refractivity contribution in [1.29, 1.82) is 0 Å². The van der Waals surface area contributed by atoms with Crippen molar-refractivity contribution in [2.24, 2.45) is 0 Å². The second kappa shape index (κ2) is 4.65. The fraction of sp³-hybridized carbons (Fsp3) is 0.300. The van der Waals surface area contributed by atoms with Crippen molar-refractivity contribution < 1.29 is 4.79 Å². The van der Waals surface area contributed by atoms with Gasteiger partial charge in [-0.3, -0.25) is 4.79 Å². The first kappa shape index (κ1) is 12.0. The van der Waals surface area contributed by atoms with Crippen LogP contribution in [0.2, 0.25) is 0 Å². The number of Topliss-reactive ketones (excluding diaryl/α,β-unsaturated/α-hetero) is 1.